The van der Waals surface area contributed by atoms with Crippen molar-refractivity contribution < 1.29 is 19.1 Å². The minimum atomic E-state index is -0.0722. The van der Waals surface area contributed by atoms with Gasteiger partial charge in [-0.15, -0.1) is 0 Å². The normalized spacial score (nSPS) is 36.2. The fraction of sp³-hybridized carbons (Fsp3) is 0.909. The highest BCUT2D eigenvalue weighted by Gasteiger charge is 2.31. The quantitative estimate of drug-likeness (QED) is 0.630. The van der Waals surface area contributed by atoms with Crippen LogP contribution in [0.15, 0.2) is 0 Å². The second-order valence-corrected chi connectivity index (χ2v) is 9.29. The zero-order valence-electron chi connectivity index (χ0n) is 17.3. The molecule has 0 heterocycles. The predicted octanol–water partition coefficient (Wildman–Crippen LogP) is 4.85. The molecule has 150 valence electrons. The Morgan fingerprint density at radius 3 is 1.46 bits per heavy atom. The lowest BCUT2D eigenvalue weighted by atomic mass is 9.76. The molecule has 0 aliphatic heterocycles. The first kappa shape index (κ1) is 21.2. The molecule has 0 aromatic heterocycles. The van der Waals surface area contributed by atoms with E-state index in [0.717, 1.165) is 38.5 Å². The highest BCUT2D eigenvalue weighted by atomic mass is 16.5. The van der Waals surface area contributed by atoms with E-state index < -0.39 is 0 Å². The molecule has 2 aliphatic carbocycles. The van der Waals surface area contributed by atoms with Gasteiger partial charge in [0.15, 0.2) is 0 Å². The molecule has 0 amide bonds. The van der Waals surface area contributed by atoms with Crippen LogP contribution < -0.4 is 0 Å². The van der Waals surface area contributed by atoms with E-state index in [2.05, 4.69) is 27.7 Å². The van der Waals surface area contributed by atoms with Crippen molar-refractivity contribution in [3.05, 3.63) is 0 Å². The Hall–Kier alpha value is -1.06. The topological polar surface area (TPSA) is 52.6 Å². The molecule has 2 fully saturated rings. The van der Waals surface area contributed by atoms with Gasteiger partial charge in [-0.1, -0.05) is 34.6 Å². The van der Waals surface area contributed by atoms with Gasteiger partial charge in [-0.05, 0) is 62.2 Å². The summed E-state index contributed by atoms with van der Waals surface area (Å²) in [6, 6.07) is 0. The molecule has 0 aromatic rings. The lowest BCUT2D eigenvalue weighted by Crippen LogP contribution is -2.30. The van der Waals surface area contributed by atoms with Gasteiger partial charge in [0.25, 0.3) is 0 Å². The Morgan fingerprint density at radius 1 is 0.731 bits per heavy atom. The molecule has 0 spiro atoms. The van der Waals surface area contributed by atoms with Crippen LogP contribution in [0.2, 0.25) is 0 Å². The Kier molecular flexibility index (Phi) is 7.97. The number of carbonyl (C=O) groups excluding carboxylic acids is 2. The fourth-order valence-electron chi connectivity index (χ4n) is 4.26. The molecule has 2 saturated carbocycles. The van der Waals surface area contributed by atoms with Crippen molar-refractivity contribution in [3.8, 4) is 0 Å². The molecular weight excluding hydrogens is 328 g/mol. The number of ether oxygens (including phenoxy) is 2. The molecule has 0 radical (unpaired) electrons. The molecule has 6 unspecified atom stereocenters. The Bertz CT molecular complexity index is 433. The second-order valence-electron chi connectivity index (χ2n) is 9.29. The fourth-order valence-corrected chi connectivity index (χ4v) is 4.26. The average Bonchev–Trinajstić information content (AvgIpc) is 2.62. The zero-order valence-corrected chi connectivity index (χ0v) is 17.3. The first-order chi connectivity index (χ1) is 12.3. The smallest absolute Gasteiger partial charge is 0.308 e. The largest absolute Gasteiger partial charge is 0.465 e. The maximum atomic E-state index is 12.3. The summed E-state index contributed by atoms with van der Waals surface area (Å²) >= 11 is 0. The van der Waals surface area contributed by atoms with Crippen molar-refractivity contribution in [1.29, 1.82) is 0 Å². The van der Waals surface area contributed by atoms with E-state index in [1.807, 2.05) is 6.92 Å². The van der Waals surface area contributed by atoms with Gasteiger partial charge in [-0.25, -0.2) is 0 Å². The van der Waals surface area contributed by atoms with Crippen LogP contribution in [0.1, 0.15) is 73.1 Å². The van der Waals surface area contributed by atoms with Gasteiger partial charge in [0.05, 0.1) is 25.0 Å². The average molecular weight is 367 g/mol. The van der Waals surface area contributed by atoms with Crippen molar-refractivity contribution >= 4 is 11.9 Å². The highest BCUT2D eigenvalue weighted by molar-refractivity contribution is 5.73. The minimum Gasteiger partial charge on any atom is -0.465 e. The molecule has 2 aliphatic rings. The molecule has 4 heteroatoms. The van der Waals surface area contributed by atoms with Gasteiger partial charge in [0, 0.05) is 5.92 Å². The van der Waals surface area contributed by atoms with Crippen molar-refractivity contribution in [1.82, 2.24) is 0 Å². The number of hydrogen-bond acceptors (Lipinski definition) is 4. The van der Waals surface area contributed by atoms with E-state index in [9.17, 15) is 9.59 Å². The molecule has 2 rings (SSSR count). The maximum Gasteiger partial charge on any atom is 0.308 e. The van der Waals surface area contributed by atoms with Gasteiger partial charge in [0.2, 0.25) is 0 Å². The standard InChI is InChI=1S/C22H38O4/c1-14(12-25-21(23)19-8-6-15(2)17(4)10-19)13-26-22(24)20-9-7-16(3)18(5)11-20/h14-20H,6-13H2,1-5H3. The van der Waals surface area contributed by atoms with E-state index in [1.165, 1.54) is 0 Å². The van der Waals surface area contributed by atoms with E-state index in [-0.39, 0.29) is 29.7 Å². The van der Waals surface area contributed by atoms with Gasteiger partial charge < -0.3 is 9.47 Å². The van der Waals surface area contributed by atoms with E-state index in [1.54, 1.807) is 0 Å². The van der Waals surface area contributed by atoms with Crippen molar-refractivity contribution in [2.24, 2.45) is 41.4 Å². The number of esters is 2. The van der Waals surface area contributed by atoms with Crippen LogP contribution in [0, 0.1) is 41.4 Å². The summed E-state index contributed by atoms with van der Waals surface area (Å²) < 4.78 is 11.0. The molecule has 0 N–H and O–H groups in total. The SMILES string of the molecule is CC(COC(=O)C1CCC(C)C(C)C1)COC(=O)C1CCC(C)C(C)C1. The second kappa shape index (κ2) is 9.75. The Morgan fingerprint density at radius 2 is 1.12 bits per heavy atom. The summed E-state index contributed by atoms with van der Waals surface area (Å²) in [6.07, 6.45) is 5.94. The summed E-state index contributed by atoms with van der Waals surface area (Å²) in [5, 5.41) is 0. The van der Waals surface area contributed by atoms with E-state index >= 15 is 0 Å². The number of carbonyl (C=O) groups is 2. The molecular formula is C22H38O4. The van der Waals surface area contributed by atoms with E-state index in [4.69, 9.17) is 9.47 Å². The molecule has 0 saturated heterocycles. The monoisotopic (exact) mass is 366 g/mol. The van der Waals surface area contributed by atoms with Crippen LogP contribution in [0.25, 0.3) is 0 Å². The third-order valence-electron chi connectivity index (χ3n) is 6.88. The van der Waals surface area contributed by atoms with E-state index in [0.29, 0.717) is 36.9 Å². The van der Waals surface area contributed by atoms with Gasteiger partial charge in [-0.3, -0.25) is 9.59 Å². The summed E-state index contributed by atoms with van der Waals surface area (Å²) in [7, 11) is 0. The lowest BCUT2D eigenvalue weighted by molar-refractivity contribution is -0.155. The zero-order chi connectivity index (χ0) is 19.3. The van der Waals surface area contributed by atoms with Crippen LogP contribution in [0.5, 0.6) is 0 Å². The van der Waals surface area contributed by atoms with Crippen molar-refractivity contribution in [3.63, 3.8) is 0 Å². The Labute approximate surface area is 159 Å². The van der Waals surface area contributed by atoms with Crippen LogP contribution in [-0.4, -0.2) is 25.2 Å². The first-order valence-corrected chi connectivity index (χ1v) is 10.6. The summed E-state index contributed by atoms with van der Waals surface area (Å²) in [4.78, 5) is 24.6. The highest BCUT2D eigenvalue weighted by Crippen LogP contribution is 2.35. The van der Waals surface area contributed by atoms with Gasteiger partial charge in [-0.2, -0.15) is 0 Å². The van der Waals surface area contributed by atoms with Crippen LogP contribution in [0.4, 0.5) is 0 Å². The number of rotatable bonds is 6. The Balaban J connectivity index is 1.65. The molecule has 4 nitrogen and oxygen atoms in total. The van der Waals surface area contributed by atoms with Crippen molar-refractivity contribution in [2.75, 3.05) is 13.2 Å². The lowest BCUT2D eigenvalue weighted by Gasteiger charge is -2.31. The van der Waals surface area contributed by atoms with Crippen LogP contribution >= 0.6 is 0 Å². The van der Waals surface area contributed by atoms with Crippen molar-refractivity contribution in [2.45, 2.75) is 73.1 Å². The summed E-state index contributed by atoms with van der Waals surface area (Å²) in [5.41, 5.74) is 0. The minimum absolute atomic E-state index is 0.0432. The first-order valence-electron chi connectivity index (χ1n) is 10.6. The summed E-state index contributed by atoms with van der Waals surface area (Å²) in [6.45, 7) is 11.6. The third-order valence-corrected chi connectivity index (χ3v) is 6.88. The van der Waals surface area contributed by atoms with Gasteiger partial charge in [0.1, 0.15) is 0 Å². The molecule has 0 bridgehead atoms. The third kappa shape index (κ3) is 5.99. The predicted molar refractivity (Wildman–Crippen MR) is 102 cm³/mol. The molecule has 6 atom stereocenters. The summed E-state index contributed by atoms with van der Waals surface area (Å²) in [5.74, 6) is 2.55. The maximum absolute atomic E-state index is 12.3. The molecule has 26 heavy (non-hydrogen) atoms. The molecule has 0 aromatic carbocycles. The van der Waals surface area contributed by atoms with Gasteiger partial charge >= 0.3 is 11.9 Å². The van der Waals surface area contributed by atoms with Crippen LogP contribution in [0.3, 0.4) is 0 Å². The number of hydrogen-bond donors (Lipinski definition) is 0. The van der Waals surface area contributed by atoms with Crippen LogP contribution in [-0.2, 0) is 19.1 Å².